The van der Waals surface area contributed by atoms with E-state index < -0.39 is 83.6 Å². The number of likely N-dealkylation sites (tertiary alicyclic amines) is 1. The molecule has 38 heavy (non-hydrogen) atoms. The third-order valence-corrected chi connectivity index (χ3v) is 6.02. The van der Waals surface area contributed by atoms with Crippen LogP contribution in [0.2, 0.25) is 0 Å². The second-order valence-electron chi connectivity index (χ2n) is 9.53. The molecule has 0 radical (unpaired) electrons. The Bertz CT molecular complexity index is 941. The van der Waals surface area contributed by atoms with Crippen molar-refractivity contribution in [2.75, 3.05) is 6.54 Å². The lowest BCUT2D eigenvalue weighted by Crippen LogP contribution is -2.58. The van der Waals surface area contributed by atoms with Crippen LogP contribution in [0.25, 0.3) is 0 Å². The number of hydrogen-bond acceptors (Lipinski definition) is 8. The van der Waals surface area contributed by atoms with Crippen LogP contribution in [-0.4, -0.2) is 95.1 Å². The number of primary amides is 1. The zero-order valence-corrected chi connectivity index (χ0v) is 22.6. The zero-order valence-electron chi connectivity index (χ0n) is 22.6. The Morgan fingerprint density at radius 3 is 1.53 bits per heavy atom. The van der Waals surface area contributed by atoms with E-state index in [1.54, 1.807) is 0 Å². The molecule has 0 aromatic heterocycles. The quantitative estimate of drug-likeness (QED) is 0.130. The maximum absolute atomic E-state index is 12.9. The predicted octanol–water partition coefficient (Wildman–Crippen LogP) is -3.67. The first kappa shape index (κ1) is 32.3. The van der Waals surface area contributed by atoms with Gasteiger partial charge in [0.1, 0.15) is 36.3 Å². The summed E-state index contributed by atoms with van der Waals surface area (Å²) in [5.74, 6) is -4.18. The minimum absolute atomic E-state index is 0.317. The third-order valence-electron chi connectivity index (χ3n) is 6.02. The molecule has 1 aliphatic rings. The fourth-order valence-corrected chi connectivity index (χ4v) is 3.55. The summed E-state index contributed by atoms with van der Waals surface area (Å²) >= 11 is 0. The molecule has 0 aromatic rings. The Hall–Kier alpha value is -3.75. The van der Waals surface area contributed by atoms with Gasteiger partial charge in [-0.05, 0) is 54.4 Å². The van der Waals surface area contributed by atoms with Crippen LogP contribution in [0, 0.1) is 0 Å². The Kier molecular flexibility index (Phi) is 12.1. The minimum Gasteiger partial charge on any atom is -0.368 e. The van der Waals surface area contributed by atoms with E-state index in [0.29, 0.717) is 19.4 Å². The number of nitrogens with one attached hydrogen (secondary N) is 5. The van der Waals surface area contributed by atoms with Crippen LogP contribution in [0.5, 0.6) is 0 Å². The van der Waals surface area contributed by atoms with Crippen molar-refractivity contribution in [1.29, 1.82) is 0 Å². The zero-order chi connectivity index (χ0) is 29.3. The van der Waals surface area contributed by atoms with E-state index in [4.69, 9.17) is 11.5 Å². The van der Waals surface area contributed by atoms with Crippen LogP contribution in [0.3, 0.4) is 0 Å². The Morgan fingerprint density at radius 2 is 1.08 bits per heavy atom. The van der Waals surface area contributed by atoms with Crippen LogP contribution in [0.15, 0.2) is 0 Å². The number of carbonyl (C=O) groups is 7. The van der Waals surface area contributed by atoms with Gasteiger partial charge in [0.05, 0.1) is 6.04 Å². The summed E-state index contributed by atoms with van der Waals surface area (Å²) in [6.45, 7) is 8.92. The van der Waals surface area contributed by atoms with E-state index in [1.165, 1.54) is 46.4 Å². The number of hydrogen-bond donors (Lipinski definition) is 7. The van der Waals surface area contributed by atoms with Crippen molar-refractivity contribution in [1.82, 2.24) is 31.5 Å². The molecular weight excluding hydrogens is 500 g/mol. The van der Waals surface area contributed by atoms with Crippen LogP contribution in [0.1, 0.15) is 54.4 Å². The Morgan fingerprint density at radius 1 is 0.658 bits per heavy atom. The molecule has 0 unspecified atom stereocenters. The molecule has 7 amide bonds. The lowest BCUT2D eigenvalue weighted by Gasteiger charge is -2.28. The van der Waals surface area contributed by atoms with Crippen molar-refractivity contribution < 1.29 is 33.6 Å². The average Bonchev–Trinajstić information content (AvgIpc) is 3.32. The molecule has 0 spiro atoms. The largest absolute Gasteiger partial charge is 0.368 e. The van der Waals surface area contributed by atoms with Crippen LogP contribution in [-0.2, 0) is 33.6 Å². The van der Waals surface area contributed by atoms with Gasteiger partial charge < -0.3 is 43.0 Å². The first-order valence-electron chi connectivity index (χ1n) is 12.4. The average molecular weight is 541 g/mol. The van der Waals surface area contributed by atoms with E-state index in [0.717, 1.165) is 0 Å². The molecule has 9 N–H and O–H groups in total. The van der Waals surface area contributed by atoms with Gasteiger partial charge in [-0.1, -0.05) is 0 Å². The first-order chi connectivity index (χ1) is 17.6. The van der Waals surface area contributed by atoms with Crippen molar-refractivity contribution in [3.8, 4) is 0 Å². The molecule has 1 heterocycles. The normalized spacial score (nSPS) is 19.6. The molecule has 0 aliphatic carbocycles. The number of nitrogens with two attached hydrogens (primary N) is 2. The fourth-order valence-electron chi connectivity index (χ4n) is 3.55. The topological polar surface area (TPSA) is 235 Å². The van der Waals surface area contributed by atoms with Gasteiger partial charge >= 0.3 is 0 Å². The SMILES string of the molecule is C[C@H](NC(=O)[C@H](C)NC(=O)[C@H](C)NC(=O)[C@H](C)NC(=O)[C@@H]1CCCN1C(=O)[C@H](C)NC(=O)[C@@H](C)N)C(N)=O. The summed E-state index contributed by atoms with van der Waals surface area (Å²) in [4.78, 5) is 86.9. The van der Waals surface area contributed by atoms with E-state index >= 15 is 0 Å². The van der Waals surface area contributed by atoms with Gasteiger partial charge in [-0.25, -0.2) is 0 Å². The number of nitrogens with zero attached hydrogens (tertiary/aromatic N) is 1. The van der Waals surface area contributed by atoms with E-state index in [9.17, 15) is 33.6 Å². The van der Waals surface area contributed by atoms with Gasteiger partial charge in [-0.2, -0.15) is 0 Å². The lowest BCUT2D eigenvalue weighted by atomic mass is 10.1. The van der Waals surface area contributed by atoms with Crippen molar-refractivity contribution in [3.05, 3.63) is 0 Å². The summed E-state index contributed by atoms with van der Waals surface area (Å²) in [6.07, 6.45) is 0.951. The molecular formula is C23H40N8O7. The third kappa shape index (κ3) is 9.28. The van der Waals surface area contributed by atoms with Crippen molar-refractivity contribution in [3.63, 3.8) is 0 Å². The molecule has 15 heteroatoms. The molecule has 0 aromatic carbocycles. The lowest BCUT2D eigenvalue weighted by molar-refractivity contribution is -0.141. The smallest absolute Gasteiger partial charge is 0.245 e. The maximum atomic E-state index is 12.9. The summed E-state index contributed by atoms with van der Waals surface area (Å²) in [6, 6.07) is -6.52. The number of carbonyl (C=O) groups excluding carboxylic acids is 7. The summed E-state index contributed by atoms with van der Waals surface area (Å²) in [7, 11) is 0. The molecule has 0 bridgehead atoms. The summed E-state index contributed by atoms with van der Waals surface area (Å²) in [5, 5.41) is 12.3. The second kappa shape index (κ2) is 14.3. The molecule has 7 atom stereocenters. The van der Waals surface area contributed by atoms with Gasteiger partial charge in [0.25, 0.3) is 0 Å². The molecule has 1 saturated heterocycles. The highest BCUT2D eigenvalue weighted by Crippen LogP contribution is 2.19. The first-order valence-corrected chi connectivity index (χ1v) is 12.4. The molecule has 214 valence electrons. The summed E-state index contributed by atoms with van der Waals surface area (Å²) in [5.41, 5.74) is 10.6. The molecule has 1 fully saturated rings. The maximum Gasteiger partial charge on any atom is 0.245 e. The Labute approximate surface area is 221 Å². The highest BCUT2D eigenvalue weighted by Gasteiger charge is 2.37. The predicted molar refractivity (Wildman–Crippen MR) is 136 cm³/mol. The standard InChI is InChI=1S/C23H40N8O7/c1-10(24)18(33)30-15(6)23(38)31-9-7-8-16(31)22(37)29-14(5)21(36)28-13(4)20(35)27-12(3)19(34)26-11(2)17(25)32/h10-16H,7-9,24H2,1-6H3,(H2,25,32)(H,26,34)(H,27,35)(H,28,36)(H,29,37)(H,30,33)/t10-,11+,12+,13+,14+,15+,16+/m1/s1. The van der Waals surface area contributed by atoms with Crippen molar-refractivity contribution >= 4 is 41.4 Å². The Balaban J connectivity index is 2.64. The van der Waals surface area contributed by atoms with E-state index in [-0.39, 0.29) is 0 Å². The van der Waals surface area contributed by atoms with Gasteiger partial charge in [0, 0.05) is 6.54 Å². The highest BCUT2D eigenvalue weighted by atomic mass is 16.2. The number of rotatable bonds is 12. The molecule has 1 aliphatic heterocycles. The van der Waals surface area contributed by atoms with Crippen LogP contribution >= 0.6 is 0 Å². The van der Waals surface area contributed by atoms with Gasteiger partial charge in [-0.3, -0.25) is 33.6 Å². The second-order valence-corrected chi connectivity index (χ2v) is 9.53. The van der Waals surface area contributed by atoms with Crippen LogP contribution < -0.4 is 38.1 Å². The van der Waals surface area contributed by atoms with E-state index in [1.807, 2.05) is 0 Å². The molecule has 15 nitrogen and oxygen atoms in total. The van der Waals surface area contributed by atoms with Gasteiger partial charge in [-0.15, -0.1) is 0 Å². The minimum atomic E-state index is -1.05. The highest BCUT2D eigenvalue weighted by molar-refractivity contribution is 5.96. The van der Waals surface area contributed by atoms with Crippen LogP contribution in [0.4, 0.5) is 0 Å². The molecule has 0 saturated carbocycles. The van der Waals surface area contributed by atoms with E-state index in [2.05, 4.69) is 26.6 Å². The molecule has 1 rings (SSSR count). The monoisotopic (exact) mass is 540 g/mol. The van der Waals surface area contributed by atoms with Crippen molar-refractivity contribution in [2.45, 2.75) is 96.7 Å². The number of amides is 7. The van der Waals surface area contributed by atoms with Gasteiger partial charge in [0.2, 0.25) is 41.4 Å². The summed E-state index contributed by atoms with van der Waals surface area (Å²) < 4.78 is 0. The fraction of sp³-hybridized carbons (Fsp3) is 0.696. The van der Waals surface area contributed by atoms with Gasteiger partial charge in [0.15, 0.2) is 0 Å². The van der Waals surface area contributed by atoms with Crippen molar-refractivity contribution in [2.24, 2.45) is 11.5 Å².